The molecule has 11 heteroatoms. The van der Waals surface area contributed by atoms with Crippen molar-refractivity contribution in [3.63, 3.8) is 0 Å². The van der Waals surface area contributed by atoms with Crippen molar-refractivity contribution < 1.29 is 28.4 Å². The lowest BCUT2D eigenvalue weighted by Gasteiger charge is -2.37. The summed E-state index contributed by atoms with van der Waals surface area (Å²) < 4.78 is 23.1. The molecule has 10 nitrogen and oxygen atoms in total. The molecule has 0 aromatic carbocycles. The minimum absolute atomic E-state index is 0.0261. The number of nitrogens with one attached hydrogen (secondary N) is 1. The number of hydrogen-bond acceptors (Lipinski definition) is 8. The number of nitrogens with zero attached hydrogens (tertiary/aromatic N) is 3. The second kappa shape index (κ2) is 10.9. The summed E-state index contributed by atoms with van der Waals surface area (Å²) >= 11 is 0. The Labute approximate surface area is 215 Å². The number of carbonyl (C=O) groups is 2. The summed E-state index contributed by atoms with van der Waals surface area (Å²) in [5.74, 6) is -0.117. The van der Waals surface area contributed by atoms with Crippen molar-refractivity contribution in [2.24, 2.45) is 0 Å². The summed E-state index contributed by atoms with van der Waals surface area (Å²) in [6.07, 6.45) is 6.23. The van der Waals surface area contributed by atoms with Crippen LogP contribution in [0.5, 0.6) is 6.01 Å². The molecule has 3 heterocycles. The smallest absolute Gasteiger partial charge is 0.463 e. The first-order chi connectivity index (χ1) is 16.7. The van der Waals surface area contributed by atoms with Gasteiger partial charge in [-0.1, -0.05) is 0 Å². The van der Waals surface area contributed by atoms with Crippen LogP contribution in [-0.2, 0) is 18.8 Å². The average Bonchev–Trinajstić information content (AvgIpc) is 2.99. The highest BCUT2D eigenvalue weighted by molar-refractivity contribution is 6.61. The third kappa shape index (κ3) is 7.09. The Morgan fingerprint density at radius 3 is 2.36 bits per heavy atom. The fourth-order valence-corrected chi connectivity index (χ4v) is 4.17. The molecule has 1 aromatic rings. The van der Waals surface area contributed by atoms with Gasteiger partial charge in [-0.15, -0.1) is 0 Å². The summed E-state index contributed by atoms with van der Waals surface area (Å²) in [5.41, 5.74) is -0.759. The van der Waals surface area contributed by atoms with Crippen molar-refractivity contribution in [1.82, 2.24) is 20.2 Å². The van der Waals surface area contributed by atoms with Crippen LogP contribution in [0, 0.1) is 0 Å². The molecular weight excluding hydrogens is 463 g/mol. The van der Waals surface area contributed by atoms with Gasteiger partial charge in [-0.25, -0.2) is 14.8 Å². The fourth-order valence-electron chi connectivity index (χ4n) is 4.17. The van der Waals surface area contributed by atoms with Gasteiger partial charge in [0.25, 0.3) is 0 Å². The van der Waals surface area contributed by atoms with Gasteiger partial charge in [0.15, 0.2) is 0 Å². The largest absolute Gasteiger partial charge is 0.498 e. The Balaban J connectivity index is 1.50. The minimum atomic E-state index is -0.674. The van der Waals surface area contributed by atoms with E-state index in [2.05, 4.69) is 15.3 Å². The molecule has 200 valence electrons. The predicted molar refractivity (Wildman–Crippen MR) is 136 cm³/mol. The number of carbonyl (C=O) groups excluding carboxylic acids is 2. The molecule has 2 aliphatic rings. The summed E-state index contributed by atoms with van der Waals surface area (Å²) in [5, 5.41) is 2.65. The van der Waals surface area contributed by atoms with E-state index in [0.717, 1.165) is 24.7 Å². The summed E-state index contributed by atoms with van der Waals surface area (Å²) in [7, 11) is -0.526. The minimum Gasteiger partial charge on any atom is -0.463 e. The highest BCUT2D eigenvalue weighted by Gasteiger charge is 2.52. The lowest BCUT2D eigenvalue weighted by molar-refractivity contribution is -0.137. The number of aromatic nitrogens is 2. The van der Waals surface area contributed by atoms with Crippen molar-refractivity contribution in [3.05, 3.63) is 12.4 Å². The number of piperidine rings is 1. The van der Waals surface area contributed by atoms with Crippen molar-refractivity contribution in [2.45, 2.75) is 110 Å². The second-order valence-electron chi connectivity index (χ2n) is 11.6. The number of alkyl carbamates (subject to hydrolysis) is 1. The molecule has 0 aliphatic carbocycles. The molecule has 1 N–H and O–H groups in total. The highest BCUT2D eigenvalue weighted by Crippen LogP contribution is 2.36. The summed E-state index contributed by atoms with van der Waals surface area (Å²) in [4.78, 5) is 35.6. The molecule has 3 rings (SSSR count). The second-order valence-corrected chi connectivity index (χ2v) is 11.6. The summed E-state index contributed by atoms with van der Waals surface area (Å²) in [6, 6.07) is -0.380. The van der Waals surface area contributed by atoms with E-state index in [0.29, 0.717) is 19.6 Å². The predicted octanol–water partition coefficient (Wildman–Crippen LogP) is 2.84. The van der Waals surface area contributed by atoms with Crippen LogP contribution in [0.1, 0.15) is 81.1 Å². The van der Waals surface area contributed by atoms with Gasteiger partial charge >= 0.3 is 19.2 Å². The van der Waals surface area contributed by atoms with Crippen LogP contribution in [0.3, 0.4) is 0 Å². The number of ether oxygens (including phenoxy) is 2. The standard InChI is InChI=1S/C25H41BN4O6/c1-17(29-22(32)34-23(2,3)4)20(31)30-13-10-9-11-19(30)12-14-33-21-27-15-18(16-28-21)26-35-24(5,6)25(7,8)36-26/h15-17,19H,9-14H2,1-8H3,(H,29,32)/t17-,19+/m0/s1. The van der Waals surface area contributed by atoms with Crippen molar-refractivity contribution >= 4 is 24.6 Å². The molecular formula is C25H41BN4O6. The summed E-state index contributed by atoms with van der Waals surface area (Å²) in [6.45, 7) is 16.1. The van der Waals surface area contributed by atoms with Gasteiger partial charge in [0.2, 0.25) is 5.91 Å². The van der Waals surface area contributed by atoms with Crippen LogP contribution < -0.4 is 15.5 Å². The third-order valence-corrected chi connectivity index (χ3v) is 6.87. The molecule has 2 amide bonds. The quantitative estimate of drug-likeness (QED) is 0.565. The molecule has 1 aromatic heterocycles. The van der Waals surface area contributed by atoms with Crippen LogP contribution in [0.4, 0.5) is 4.79 Å². The highest BCUT2D eigenvalue weighted by atomic mass is 16.7. The topological polar surface area (TPSA) is 112 Å². The van der Waals surface area contributed by atoms with Gasteiger partial charge in [-0.05, 0) is 74.7 Å². The van der Waals surface area contributed by atoms with E-state index in [1.54, 1.807) is 40.1 Å². The van der Waals surface area contributed by atoms with Gasteiger partial charge in [0, 0.05) is 36.9 Å². The fraction of sp³-hybridized carbons (Fsp3) is 0.760. The van der Waals surface area contributed by atoms with Crippen LogP contribution in [0.15, 0.2) is 12.4 Å². The zero-order valence-electron chi connectivity index (χ0n) is 22.9. The zero-order chi connectivity index (χ0) is 26.7. The van der Waals surface area contributed by atoms with Crippen LogP contribution >= 0.6 is 0 Å². The molecule has 36 heavy (non-hydrogen) atoms. The molecule has 2 atom stereocenters. The molecule has 2 aliphatic heterocycles. The first kappa shape index (κ1) is 28.2. The average molecular weight is 504 g/mol. The number of likely N-dealkylation sites (tertiary alicyclic amines) is 1. The van der Waals surface area contributed by atoms with Crippen molar-refractivity contribution in [3.8, 4) is 6.01 Å². The van der Waals surface area contributed by atoms with Gasteiger partial charge < -0.3 is 29.0 Å². The lowest BCUT2D eigenvalue weighted by Crippen LogP contribution is -2.53. The lowest BCUT2D eigenvalue weighted by atomic mass is 9.81. The Hall–Kier alpha value is -2.40. The third-order valence-electron chi connectivity index (χ3n) is 6.87. The van der Waals surface area contributed by atoms with Gasteiger partial charge in [0.05, 0.1) is 17.8 Å². The molecule has 0 radical (unpaired) electrons. The van der Waals surface area contributed by atoms with Gasteiger partial charge in [-0.3, -0.25) is 4.79 Å². The number of hydrogen-bond donors (Lipinski definition) is 1. The number of rotatable bonds is 7. The Kier molecular flexibility index (Phi) is 8.55. The van der Waals surface area contributed by atoms with E-state index in [-0.39, 0.29) is 18.0 Å². The monoisotopic (exact) mass is 504 g/mol. The first-order valence-electron chi connectivity index (χ1n) is 12.8. The van der Waals surface area contributed by atoms with Crippen molar-refractivity contribution in [1.29, 1.82) is 0 Å². The SMILES string of the molecule is C[C@H](NC(=O)OC(C)(C)C)C(=O)N1CCCC[C@@H]1CCOc1ncc(B2OC(C)(C)C(C)(C)O2)cn1. The zero-order valence-corrected chi connectivity index (χ0v) is 22.9. The van der Waals surface area contributed by atoms with E-state index < -0.39 is 36.1 Å². The van der Waals surface area contributed by atoms with E-state index >= 15 is 0 Å². The maximum absolute atomic E-state index is 13.1. The molecule has 2 fully saturated rings. The van der Waals surface area contributed by atoms with Gasteiger partial charge in [0.1, 0.15) is 11.6 Å². The maximum atomic E-state index is 13.1. The van der Waals surface area contributed by atoms with Crippen LogP contribution in [0.2, 0.25) is 0 Å². The Bertz CT molecular complexity index is 902. The van der Waals surface area contributed by atoms with E-state index in [4.69, 9.17) is 18.8 Å². The van der Waals surface area contributed by atoms with Gasteiger partial charge in [-0.2, -0.15) is 0 Å². The van der Waals surface area contributed by atoms with E-state index in [1.807, 2.05) is 32.6 Å². The molecule has 0 saturated carbocycles. The normalized spacial score (nSPS) is 22.2. The van der Waals surface area contributed by atoms with Crippen LogP contribution in [-0.4, -0.2) is 76.0 Å². The number of amides is 2. The Morgan fingerprint density at radius 2 is 1.78 bits per heavy atom. The van der Waals surface area contributed by atoms with Crippen molar-refractivity contribution in [2.75, 3.05) is 13.2 Å². The molecule has 0 unspecified atom stereocenters. The molecule has 2 saturated heterocycles. The molecule has 0 spiro atoms. The first-order valence-corrected chi connectivity index (χ1v) is 12.8. The van der Waals surface area contributed by atoms with E-state index in [9.17, 15) is 9.59 Å². The van der Waals surface area contributed by atoms with E-state index in [1.165, 1.54) is 0 Å². The Morgan fingerprint density at radius 1 is 1.17 bits per heavy atom. The van der Waals surface area contributed by atoms with Crippen LogP contribution in [0.25, 0.3) is 0 Å². The maximum Gasteiger partial charge on any atom is 0.498 e. The molecule has 0 bridgehead atoms.